The van der Waals surface area contributed by atoms with E-state index >= 15 is 0 Å². The van der Waals surface area contributed by atoms with E-state index in [2.05, 4.69) is 4.98 Å². The quantitative estimate of drug-likeness (QED) is 0.619. The fourth-order valence-corrected chi connectivity index (χ4v) is 3.64. The first-order valence-electron chi connectivity index (χ1n) is 10.1. The average molecular weight is 424 g/mol. The number of ether oxygens (including phenoxy) is 2. The molecule has 162 valence electrons. The van der Waals surface area contributed by atoms with Crippen molar-refractivity contribution in [3.8, 4) is 28.1 Å². The third-order valence-corrected chi connectivity index (χ3v) is 5.02. The van der Waals surface area contributed by atoms with Gasteiger partial charge >= 0.3 is 6.09 Å². The third kappa shape index (κ3) is 4.23. The molecule has 4 rings (SSSR count). The molecule has 0 fully saturated rings. The van der Waals surface area contributed by atoms with E-state index in [1.165, 1.54) is 12.1 Å². The Morgan fingerprint density at radius 1 is 1.13 bits per heavy atom. The first-order valence-corrected chi connectivity index (χ1v) is 10.1. The number of amides is 1. The number of aromatic nitrogens is 3. The summed E-state index contributed by atoms with van der Waals surface area (Å²) in [7, 11) is 1.58. The van der Waals surface area contributed by atoms with Crippen molar-refractivity contribution in [2.24, 2.45) is 0 Å². The number of pyridine rings is 1. The minimum absolute atomic E-state index is 0.313. The van der Waals surface area contributed by atoms with Crippen molar-refractivity contribution in [2.75, 3.05) is 13.7 Å². The predicted octanol–water partition coefficient (Wildman–Crippen LogP) is 4.51. The van der Waals surface area contributed by atoms with Gasteiger partial charge in [-0.2, -0.15) is 5.10 Å². The molecule has 31 heavy (non-hydrogen) atoms. The number of carbonyl (C=O) groups is 1. The fourth-order valence-electron chi connectivity index (χ4n) is 3.64. The van der Waals surface area contributed by atoms with E-state index in [1.54, 1.807) is 36.5 Å². The summed E-state index contributed by atoms with van der Waals surface area (Å²) in [6, 6.07) is 8.08. The van der Waals surface area contributed by atoms with Crippen LogP contribution in [0.15, 0.2) is 42.7 Å². The Morgan fingerprint density at radius 3 is 2.55 bits per heavy atom. The summed E-state index contributed by atoms with van der Waals surface area (Å²) in [6.07, 6.45) is 2.96. The Labute approximate surface area is 180 Å². The molecule has 0 N–H and O–H groups in total. The summed E-state index contributed by atoms with van der Waals surface area (Å²) >= 11 is 0. The van der Waals surface area contributed by atoms with Crippen molar-refractivity contribution in [3.05, 3.63) is 54.2 Å². The summed E-state index contributed by atoms with van der Waals surface area (Å²) in [4.78, 5) is 18.5. The Bertz CT molecular complexity index is 1100. The molecule has 0 atom stereocenters. The van der Waals surface area contributed by atoms with Gasteiger partial charge in [0.25, 0.3) is 0 Å². The zero-order valence-corrected chi connectivity index (χ0v) is 18.1. The van der Waals surface area contributed by atoms with Crippen LogP contribution >= 0.6 is 0 Å². The maximum atomic E-state index is 13.5. The van der Waals surface area contributed by atoms with Gasteiger partial charge in [0.05, 0.1) is 32.1 Å². The zero-order valence-electron chi connectivity index (χ0n) is 18.1. The van der Waals surface area contributed by atoms with Crippen molar-refractivity contribution in [2.45, 2.75) is 39.5 Å². The van der Waals surface area contributed by atoms with Crippen LogP contribution in [0.1, 0.15) is 26.5 Å². The van der Waals surface area contributed by atoms with E-state index in [4.69, 9.17) is 14.6 Å². The first-order chi connectivity index (χ1) is 14.8. The molecule has 0 radical (unpaired) electrons. The summed E-state index contributed by atoms with van der Waals surface area (Å²) in [6.45, 7) is 6.89. The summed E-state index contributed by atoms with van der Waals surface area (Å²) in [5, 5.41) is 4.81. The monoisotopic (exact) mass is 424 g/mol. The van der Waals surface area contributed by atoms with Gasteiger partial charge in [-0.15, -0.1) is 0 Å². The highest BCUT2D eigenvalue weighted by Crippen LogP contribution is 2.40. The summed E-state index contributed by atoms with van der Waals surface area (Å²) < 4.78 is 26.5. The van der Waals surface area contributed by atoms with E-state index < -0.39 is 5.60 Å². The van der Waals surface area contributed by atoms with E-state index in [0.717, 1.165) is 22.4 Å². The molecule has 0 saturated heterocycles. The molecule has 8 heteroatoms. The molecular formula is C23H25FN4O3. The van der Waals surface area contributed by atoms with Crippen LogP contribution in [-0.2, 0) is 17.8 Å². The van der Waals surface area contributed by atoms with Crippen LogP contribution in [0.2, 0.25) is 0 Å². The summed E-state index contributed by atoms with van der Waals surface area (Å²) in [5.41, 5.74) is 3.40. The topological polar surface area (TPSA) is 69.5 Å². The molecule has 7 nitrogen and oxygen atoms in total. The maximum Gasteiger partial charge on any atom is 0.410 e. The van der Waals surface area contributed by atoms with Crippen LogP contribution < -0.4 is 4.74 Å². The summed E-state index contributed by atoms with van der Waals surface area (Å²) in [5.74, 6) is 0.280. The van der Waals surface area contributed by atoms with E-state index in [0.29, 0.717) is 31.1 Å². The van der Waals surface area contributed by atoms with Crippen LogP contribution in [0.5, 0.6) is 5.75 Å². The van der Waals surface area contributed by atoms with Gasteiger partial charge in [-0.05, 0) is 51.1 Å². The minimum Gasteiger partial charge on any atom is -0.494 e. The van der Waals surface area contributed by atoms with Crippen LogP contribution in [0.4, 0.5) is 9.18 Å². The highest BCUT2D eigenvalue weighted by molar-refractivity contribution is 5.86. The molecule has 3 heterocycles. The second-order valence-corrected chi connectivity index (χ2v) is 8.38. The lowest BCUT2D eigenvalue weighted by molar-refractivity contribution is 0.0195. The smallest absolute Gasteiger partial charge is 0.410 e. The second-order valence-electron chi connectivity index (χ2n) is 8.38. The molecule has 0 spiro atoms. The standard InChI is InChI=1S/C23H25FN4O3/c1-23(2,3)31-22(29)27-11-12-28-18(14-27)20(17-9-10-25-13-19(17)30-4)21(26-28)15-5-7-16(24)8-6-15/h5-10,13H,11-12,14H2,1-4H3. The molecule has 1 aliphatic heterocycles. The Kier molecular flexibility index (Phi) is 5.39. The maximum absolute atomic E-state index is 13.5. The number of methoxy groups -OCH3 is 1. The lowest BCUT2D eigenvalue weighted by Gasteiger charge is -2.31. The van der Waals surface area contributed by atoms with Crippen molar-refractivity contribution in [1.82, 2.24) is 19.7 Å². The lowest BCUT2D eigenvalue weighted by Crippen LogP contribution is -2.41. The van der Waals surface area contributed by atoms with E-state index in [-0.39, 0.29) is 11.9 Å². The van der Waals surface area contributed by atoms with Crippen molar-refractivity contribution < 1.29 is 18.7 Å². The SMILES string of the molecule is COc1cnccc1-c1c(-c2ccc(F)cc2)nn2c1CN(C(=O)OC(C)(C)C)CC2. The van der Waals surface area contributed by atoms with Gasteiger partial charge in [0.2, 0.25) is 0 Å². The Morgan fingerprint density at radius 2 is 1.87 bits per heavy atom. The Hall–Kier alpha value is -3.42. The van der Waals surface area contributed by atoms with Gasteiger partial charge in [-0.3, -0.25) is 9.67 Å². The molecular weight excluding hydrogens is 399 g/mol. The fraction of sp³-hybridized carbons (Fsp3) is 0.348. The number of benzene rings is 1. The molecule has 1 amide bonds. The zero-order chi connectivity index (χ0) is 22.2. The molecule has 0 bridgehead atoms. The molecule has 3 aromatic rings. The minimum atomic E-state index is -0.578. The molecule has 2 aromatic heterocycles. The van der Waals surface area contributed by atoms with Crippen LogP contribution in [-0.4, -0.2) is 45.0 Å². The highest BCUT2D eigenvalue weighted by atomic mass is 19.1. The molecule has 0 aliphatic carbocycles. The molecule has 0 saturated carbocycles. The van der Waals surface area contributed by atoms with E-state index in [1.807, 2.05) is 31.5 Å². The molecule has 0 unspecified atom stereocenters. The largest absolute Gasteiger partial charge is 0.494 e. The normalized spacial score (nSPS) is 13.6. The van der Waals surface area contributed by atoms with Gasteiger partial charge < -0.3 is 14.4 Å². The van der Waals surface area contributed by atoms with E-state index in [9.17, 15) is 9.18 Å². The van der Waals surface area contributed by atoms with Crippen LogP contribution in [0.25, 0.3) is 22.4 Å². The first kappa shape index (κ1) is 20.8. The van der Waals surface area contributed by atoms with Gasteiger partial charge in [0, 0.05) is 29.4 Å². The van der Waals surface area contributed by atoms with Crippen molar-refractivity contribution in [1.29, 1.82) is 0 Å². The third-order valence-electron chi connectivity index (χ3n) is 5.02. The number of hydrogen-bond donors (Lipinski definition) is 0. The number of halogens is 1. The van der Waals surface area contributed by atoms with Crippen molar-refractivity contribution >= 4 is 6.09 Å². The predicted molar refractivity (Wildman–Crippen MR) is 114 cm³/mol. The number of rotatable bonds is 3. The molecule has 1 aliphatic rings. The highest BCUT2D eigenvalue weighted by Gasteiger charge is 2.31. The van der Waals surface area contributed by atoms with Crippen LogP contribution in [0.3, 0.4) is 0 Å². The average Bonchev–Trinajstić information content (AvgIpc) is 3.11. The second kappa shape index (κ2) is 8.02. The Balaban J connectivity index is 1.83. The van der Waals surface area contributed by atoms with Gasteiger partial charge in [0.15, 0.2) is 0 Å². The van der Waals surface area contributed by atoms with Crippen LogP contribution in [0, 0.1) is 5.82 Å². The number of nitrogens with zero attached hydrogens (tertiary/aromatic N) is 4. The van der Waals surface area contributed by atoms with Gasteiger partial charge in [-0.25, -0.2) is 9.18 Å². The number of carbonyl (C=O) groups excluding carboxylic acids is 1. The number of hydrogen-bond acceptors (Lipinski definition) is 5. The number of fused-ring (bicyclic) bond motifs is 1. The van der Waals surface area contributed by atoms with Gasteiger partial charge in [-0.1, -0.05) is 0 Å². The van der Waals surface area contributed by atoms with Gasteiger partial charge in [0.1, 0.15) is 22.9 Å². The molecule has 1 aromatic carbocycles. The van der Waals surface area contributed by atoms with Crippen molar-refractivity contribution in [3.63, 3.8) is 0 Å². The lowest BCUT2D eigenvalue weighted by atomic mass is 9.98.